The number of hydrogen-bond donors (Lipinski definition) is 0. The molecule has 30 rings (SSSR count). The molecule has 0 N–H and O–H groups in total. The van der Waals surface area contributed by atoms with Gasteiger partial charge in [0, 0.05) is 98.0 Å². The van der Waals surface area contributed by atoms with Crippen molar-refractivity contribution in [3.8, 4) is 66.8 Å². The average molecular weight is 1610 g/mol. The highest BCUT2D eigenvalue weighted by molar-refractivity contribution is 6.33. The maximum Gasteiger partial charge on any atom is 0.143 e. The summed E-state index contributed by atoms with van der Waals surface area (Å²) in [7, 11) is 0. The predicted molar refractivity (Wildman–Crippen MR) is 527 cm³/mol. The van der Waals surface area contributed by atoms with Crippen LogP contribution in [0.4, 0.5) is 0 Å². The van der Waals surface area contributed by atoms with Crippen LogP contribution in [0.15, 0.2) is 427 Å². The Hall–Kier alpha value is -16.8. The molecule has 582 valence electrons. The fourth-order valence-electron chi connectivity index (χ4n) is 20.7. The summed E-state index contributed by atoms with van der Waals surface area (Å²) in [6, 6.07) is 113. The van der Waals surface area contributed by atoms with Crippen molar-refractivity contribution in [1.82, 2.24) is 0 Å². The summed E-state index contributed by atoms with van der Waals surface area (Å²) in [6.45, 7) is 0. The lowest BCUT2D eigenvalue weighted by Crippen LogP contribution is -1.90. The van der Waals surface area contributed by atoms with Crippen molar-refractivity contribution >= 4 is 229 Å². The van der Waals surface area contributed by atoms with E-state index >= 15 is 0 Å². The first-order valence-corrected chi connectivity index (χ1v) is 42.2. The summed E-state index contributed by atoms with van der Waals surface area (Å²) in [6.07, 6.45) is 0. The number of benzene rings is 24. The molecular formula is C120H66O6. The van der Waals surface area contributed by atoms with E-state index in [2.05, 4.69) is 182 Å². The van der Waals surface area contributed by atoms with Crippen LogP contribution >= 0.6 is 0 Å². The Bertz CT molecular complexity index is 9980. The van der Waals surface area contributed by atoms with E-state index in [1.165, 1.54) is 10.8 Å². The minimum Gasteiger partial charge on any atom is -0.455 e. The predicted octanol–water partition coefficient (Wildman–Crippen LogP) is 35.2. The smallest absolute Gasteiger partial charge is 0.143 e. The van der Waals surface area contributed by atoms with Crippen LogP contribution in [0, 0.1) is 0 Å². The second-order valence-corrected chi connectivity index (χ2v) is 32.8. The molecule has 0 fully saturated rings. The Morgan fingerprint density at radius 3 is 0.643 bits per heavy atom. The molecule has 0 bridgehead atoms. The van der Waals surface area contributed by atoms with Gasteiger partial charge in [-0.25, -0.2) is 0 Å². The number of furan rings is 6. The Kier molecular flexibility index (Phi) is 12.5. The van der Waals surface area contributed by atoms with Crippen molar-refractivity contribution in [3.05, 3.63) is 400 Å². The second kappa shape index (κ2) is 26.4. The molecule has 0 amide bonds. The Morgan fingerprint density at radius 2 is 0.333 bits per heavy atom. The van der Waals surface area contributed by atoms with E-state index in [1.807, 2.05) is 146 Å². The minimum atomic E-state index is -0.330. The van der Waals surface area contributed by atoms with Crippen molar-refractivity contribution in [2.24, 2.45) is 0 Å². The molecule has 24 aromatic carbocycles. The van der Waals surface area contributed by atoms with Gasteiger partial charge in [-0.15, -0.1) is 0 Å². The highest BCUT2D eigenvalue weighted by atomic mass is 16.3. The summed E-state index contributed by atoms with van der Waals surface area (Å²) in [4.78, 5) is 0. The molecule has 0 radical (unpaired) electrons. The van der Waals surface area contributed by atoms with Gasteiger partial charge in [0.2, 0.25) is 0 Å². The summed E-state index contributed by atoms with van der Waals surface area (Å²) in [5.74, 6) is 0. The molecule has 0 atom stereocenters. The van der Waals surface area contributed by atoms with Gasteiger partial charge in [-0.05, 0) is 167 Å². The molecule has 6 nitrogen and oxygen atoms in total. The van der Waals surface area contributed by atoms with E-state index < -0.39 is 0 Å². The monoisotopic (exact) mass is 1610 g/mol. The maximum absolute atomic E-state index is 9.36. The molecule has 0 aliphatic heterocycles. The van der Waals surface area contributed by atoms with Crippen LogP contribution in [0.1, 0.15) is 13.7 Å². The Labute approximate surface area is 731 Å². The summed E-state index contributed by atoms with van der Waals surface area (Å²) >= 11 is 0. The average Bonchev–Trinajstić information content (AvgIpc) is 0.963. The van der Waals surface area contributed by atoms with Gasteiger partial charge in [-0.2, -0.15) is 0 Å². The van der Waals surface area contributed by atoms with Crippen molar-refractivity contribution in [2.45, 2.75) is 0 Å². The molecule has 30 aromatic rings. The van der Waals surface area contributed by atoms with E-state index in [0.717, 1.165) is 208 Å². The summed E-state index contributed by atoms with van der Waals surface area (Å²) in [5.41, 5.74) is 19.0. The van der Waals surface area contributed by atoms with Gasteiger partial charge in [0.1, 0.15) is 67.0 Å². The zero-order valence-electron chi connectivity index (χ0n) is 76.8. The van der Waals surface area contributed by atoms with Gasteiger partial charge in [-0.3, -0.25) is 0 Å². The molecule has 6 heteroatoms. The largest absolute Gasteiger partial charge is 0.455 e. The van der Waals surface area contributed by atoms with Gasteiger partial charge in [0.25, 0.3) is 0 Å². The van der Waals surface area contributed by atoms with Crippen molar-refractivity contribution in [2.75, 3.05) is 0 Å². The third-order valence-corrected chi connectivity index (χ3v) is 26.3. The molecule has 0 aliphatic rings. The van der Waals surface area contributed by atoms with E-state index in [9.17, 15) is 11.0 Å². The van der Waals surface area contributed by atoms with Crippen LogP contribution in [-0.2, 0) is 0 Å². The van der Waals surface area contributed by atoms with Gasteiger partial charge in [-0.1, -0.05) is 364 Å². The van der Waals surface area contributed by atoms with Crippen molar-refractivity contribution < 1.29 is 40.2 Å². The van der Waals surface area contributed by atoms with Crippen LogP contribution < -0.4 is 0 Å². The summed E-state index contributed by atoms with van der Waals surface area (Å²) in [5, 5.41) is 26.3. The lowest BCUT2D eigenvalue weighted by Gasteiger charge is -2.17. The first-order chi connectivity index (χ1) is 66.7. The highest BCUT2D eigenvalue weighted by Crippen LogP contribution is 2.52. The van der Waals surface area contributed by atoms with Crippen LogP contribution in [0.3, 0.4) is 0 Å². The zero-order chi connectivity index (χ0) is 90.8. The van der Waals surface area contributed by atoms with E-state index in [1.54, 1.807) is 12.1 Å². The Balaban J connectivity index is 0.000000101. The third kappa shape index (κ3) is 9.92. The third-order valence-electron chi connectivity index (χ3n) is 26.3. The lowest BCUT2D eigenvalue weighted by molar-refractivity contribution is 0.669. The Morgan fingerprint density at radius 1 is 0.119 bits per heavy atom. The lowest BCUT2D eigenvalue weighted by atomic mass is 9.86. The quantitative estimate of drug-likeness (QED) is 0.154. The van der Waals surface area contributed by atoms with Crippen LogP contribution in [0.2, 0.25) is 0 Å². The fourth-order valence-corrected chi connectivity index (χ4v) is 20.7. The molecule has 0 unspecified atom stereocenters. The topological polar surface area (TPSA) is 78.8 Å². The molecule has 0 saturated carbocycles. The molecule has 6 aromatic heterocycles. The molecular weight excluding hydrogens is 1540 g/mol. The maximum atomic E-state index is 9.36. The molecule has 0 aliphatic carbocycles. The number of rotatable bonds is 6. The van der Waals surface area contributed by atoms with Gasteiger partial charge >= 0.3 is 0 Å². The SMILES string of the molecule is [2H]c1c([2H])c2c([2H])c([2H])c3c(-c4cccc5c4oc4ccccc45)c([2H])c([2H])c4c([2H])c([2H])c(c1-c1cccc5c1oc1ccccc15)c2c43.[2H]c1cc(-c2cccc3c2oc2ccccc23)c2ccc3c(-c4cccc5c4oc4ccccc45)ccc4ccc1c2c43.[2H]c1cc(-c2cccc3c2oc2ccccc23)c2ccc3ccc(-c4cccc5c4oc4ccccc45)c4ccc1c2c34. The van der Waals surface area contributed by atoms with Crippen molar-refractivity contribution in [1.29, 1.82) is 0 Å². The normalized spacial score (nSPS) is 13.4. The van der Waals surface area contributed by atoms with Crippen LogP contribution in [0.25, 0.3) is 295 Å². The molecule has 0 saturated heterocycles. The standard InChI is InChI=1S/3C40H22O2/c2*1-3-13-35-27(7-1)33-11-5-9-31(39(33)41-35)25-19-15-23-18-22-30-26(20-16-24-17-21-29(25)37(23)38(24)30)32-10-6-12-34-28-8-2-4-14-36(28)42-40(32)34;1-3-13-35-27(7-1)33-11-5-9-31(39(33)41-35)25-19-17-23-15-16-24-18-20-26(30-22-21-29(25)37(23)38(24)30)32-10-6-12-34-28-8-2-4-14-36(28)42-40(32)34/h3*1-22H/i15D,16D,17D,18D,19D,20D,21D,22D;15D;17D. The highest BCUT2D eigenvalue weighted by Gasteiger charge is 2.26. The molecule has 126 heavy (non-hydrogen) atoms. The van der Waals surface area contributed by atoms with E-state index in [-0.39, 0.29) is 91.8 Å². The fraction of sp³-hybridized carbons (Fsp3) is 0. The van der Waals surface area contributed by atoms with Gasteiger partial charge < -0.3 is 26.5 Å². The number of hydrogen-bond acceptors (Lipinski definition) is 6. The number of para-hydroxylation sites is 12. The second-order valence-electron chi connectivity index (χ2n) is 32.8. The summed E-state index contributed by atoms with van der Waals surface area (Å²) < 4.78 is 131. The number of fused-ring (bicyclic) bond motifs is 18. The zero-order valence-corrected chi connectivity index (χ0v) is 66.8. The van der Waals surface area contributed by atoms with Gasteiger partial charge in [0.15, 0.2) is 0 Å². The first kappa shape index (κ1) is 59.8. The van der Waals surface area contributed by atoms with E-state index in [4.69, 9.17) is 29.2 Å². The van der Waals surface area contributed by atoms with Crippen LogP contribution in [0.5, 0.6) is 0 Å². The van der Waals surface area contributed by atoms with Gasteiger partial charge in [0.05, 0.1) is 13.7 Å². The first-order valence-electron chi connectivity index (χ1n) is 47.2. The minimum absolute atomic E-state index is 0.00782. The van der Waals surface area contributed by atoms with Crippen LogP contribution in [-0.4, -0.2) is 0 Å². The van der Waals surface area contributed by atoms with E-state index in [0.29, 0.717) is 45.5 Å². The molecule has 0 spiro atoms. The molecule has 6 heterocycles. The van der Waals surface area contributed by atoms with Crippen molar-refractivity contribution in [3.63, 3.8) is 0 Å².